The number of rotatable bonds is 4. The maximum absolute atomic E-state index is 12.0. The van der Waals surface area contributed by atoms with Crippen molar-refractivity contribution in [2.45, 2.75) is 19.5 Å². The summed E-state index contributed by atoms with van der Waals surface area (Å²) in [7, 11) is 1.83. The molecule has 0 aliphatic rings. The van der Waals surface area contributed by atoms with Gasteiger partial charge in [-0.05, 0) is 24.4 Å². The normalized spacial score (nSPS) is 12.4. The van der Waals surface area contributed by atoms with Gasteiger partial charge in [-0.3, -0.25) is 9.48 Å². The van der Waals surface area contributed by atoms with Crippen molar-refractivity contribution in [2.75, 3.05) is 7.05 Å². The molecular formula is C12H15N3OS. The van der Waals surface area contributed by atoms with Gasteiger partial charge in [0.1, 0.15) is 6.54 Å². The molecule has 1 amide bonds. The zero-order valence-electron chi connectivity index (χ0n) is 9.91. The van der Waals surface area contributed by atoms with Gasteiger partial charge in [-0.25, -0.2) is 0 Å². The quantitative estimate of drug-likeness (QED) is 0.833. The molecule has 90 valence electrons. The fourth-order valence-electron chi connectivity index (χ4n) is 1.58. The number of carbonyl (C=O) groups excluding carboxylic acids is 1. The summed E-state index contributed by atoms with van der Waals surface area (Å²) >= 11 is 1.67. The summed E-state index contributed by atoms with van der Waals surface area (Å²) in [5, 5.41) is 6.06. The Kier molecular flexibility index (Phi) is 3.58. The maximum atomic E-state index is 12.0. The third-order valence-corrected chi connectivity index (χ3v) is 3.83. The van der Waals surface area contributed by atoms with Crippen molar-refractivity contribution in [2.24, 2.45) is 0 Å². The van der Waals surface area contributed by atoms with Crippen LogP contribution in [-0.2, 0) is 11.3 Å². The van der Waals surface area contributed by atoms with Crippen molar-refractivity contribution in [1.29, 1.82) is 0 Å². The van der Waals surface area contributed by atoms with Crippen LogP contribution in [0.15, 0.2) is 36.0 Å². The number of thiophene rings is 1. The van der Waals surface area contributed by atoms with Gasteiger partial charge in [-0.1, -0.05) is 6.07 Å². The van der Waals surface area contributed by atoms with E-state index in [4.69, 9.17) is 0 Å². The number of hydrogen-bond donors (Lipinski definition) is 0. The van der Waals surface area contributed by atoms with E-state index in [1.165, 1.54) is 4.88 Å². The lowest BCUT2D eigenvalue weighted by atomic mass is 10.2. The van der Waals surface area contributed by atoms with Crippen LogP contribution in [0.5, 0.6) is 0 Å². The average molecular weight is 249 g/mol. The molecule has 2 aromatic heterocycles. The number of carbonyl (C=O) groups is 1. The highest BCUT2D eigenvalue weighted by molar-refractivity contribution is 7.10. The van der Waals surface area contributed by atoms with Gasteiger partial charge in [0.15, 0.2) is 0 Å². The smallest absolute Gasteiger partial charge is 0.244 e. The minimum atomic E-state index is 0.0644. The molecule has 0 unspecified atom stereocenters. The molecule has 5 heteroatoms. The van der Waals surface area contributed by atoms with Crippen LogP contribution in [0.4, 0.5) is 0 Å². The van der Waals surface area contributed by atoms with Crippen LogP contribution in [0, 0.1) is 0 Å². The molecule has 0 aromatic carbocycles. The molecule has 4 nitrogen and oxygen atoms in total. The first kappa shape index (κ1) is 11.9. The molecule has 0 spiro atoms. The highest BCUT2D eigenvalue weighted by Gasteiger charge is 2.18. The van der Waals surface area contributed by atoms with E-state index in [2.05, 4.69) is 5.10 Å². The first-order valence-corrected chi connectivity index (χ1v) is 6.33. The molecule has 2 rings (SSSR count). The minimum absolute atomic E-state index is 0.0644. The van der Waals surface area contributed by atoms with E-state index in [0.29, 0.717) is 6.54 Å². The van der Waals surface area contributed by atoms with Crippen LogP contribution in [0.2, 0.25) is 0 Å². The van der Waals surface area contributed by atoms with Gasteiger partial charge in [0.2, 0.25) is 5.91 Å². The second-order valence-electron chi connectivity index (χ2n) is 3.90. The zero-order chi connectivity index (χ0) is 12.3. The molecule has 0 aliphatic carbocycles. The molecule has 0 saturated heterocycles. The maximum Gasteiger partial charge on any atom is 0.244 e. The largest absolute Gasteiger partial charge is 0.337 e. The predicted octanol–water partition coefficient (Wildman–Crippen LogP) is 2.16. The van der Waals surface area contributed by atoms with Gasteiger partial charge in [0, 0.05) is 24.3 Å². The molecule has 0 saturated carbocycles. The first-order valence-electron chi connectivity index (χ1n) is 5.45. The molecule has 0 N–H and O–H groups in total. The Morgan fingerprint density at radius 1 is 1.59 bits per heavy atom. The van der Waals surface area contributed by atoms with E-state index < -0.39 is 0 Å². The Morgan fingerprint density at radius 3 is 3.00 bits per heavy atom. The number of amides is 1. The summed E-state index contributed by atoms with van der Waals surface area (Å²) < 4.78 is 1.64. The van der Waals surface area contributed by atoms with Crippen LogP contribution >= 0.6 is 11.3 Å². The van der Waals surface area contributed by atoms with E-state index in [1.54, 1.807) is 33.3 Å². The number of likely N-dealkylation sites (N-methyl/N-ethyl adjacent to an activating group) is 1. The Hall–Kier alpha value is -1.62. The fraction of sp³-hybridized carbons (Fsp3) is 0.333. The monoisotopic (exact) mass is 249 g/mol. The summed E-state index contributed by atoms with van der Waals surface area (Å²) in [6.07, 6.45) is 3.47. The molecule has 0 radical (unpaired) electrons. The highest BCUT2D eigenvalue weighted by atomic mass is 32.1. The number of hydrogen-bond acceptors (Lipinski definition) is 3. The topological polar surface area (TPSA) is 38.1 Å². The van der Waals surface area contributed by atoms with E-state index >= 15 is 0 Å². The first-order chi connectivity index (χ1) is 8.18. The minimum Gasteiger partial charge on any atom is -0.337 e. The fourth-order valence-corrected chi connectivity index (χ4v) is 2.41. The summed E-state index contributed by atoms with van der Waals surface area (Å²) in [4.78, 5) is 15.0. The summed E-state index contributed by atoms with van der Waals surface area (Å²) in [5.41, 5.74) is 0. The van der Waals surface area contributed by atoms with Crippen LogP contribution in [-0.4, -0.2) is 27.6 Å². The molecule has 2 heterocycles. The van der Waals surface area contributed by atoms with Gasteiger partial charge in [0.25, 0.3) is 0 Å². The van der Waals surface area contributed by atoms with Crippen molar-refractivity contribution >= 4 is 17.2 Å². The Balaban J connectivity index is 2.00. The van der Waals surface area contributed by atoms with E-state index in [-0.39, 0.29) is 11.9 Å². The van der Waals surface area contributed by atoms with E-state index in [9.17, 15) is 4.79 Å². The third-order valence-electron chi connectivity index (χ3n) is 2.79. The zero-order valence-corrected chi connectivity index (χ0v) is 10.7. The molecule has 0 aliphatic heterocycles. The Bertz CT molecular complexity index is 464. The summed E-state index contributed by atoms with van der Waals surface area (Å²) in [6, 6.07) is 5.98. The van der Waals surface area contributed by atoms with Crippen LogP contribution in [0.3, 0.4) is 0 Å². The van der Waals surface area contributed by atoms with Crippen molar-refractivity contribution in [3.05, 3.63) is 40.8 Å². The third kappa shape index (κ3) is 2.74. The highest BCUT2D eigenvalue weighted by Crippen LogP contribution is 2.23. The summed E-state index contributed by atoms with van der Waals surface area (Å²) in [5.74, 6) is 0.0644. The van der Waals surface area contributed by atoms with E-state index in [1.807, 2.05) is 37.6 Å². The number of aromatic nitrogens is 2. The molecule has 0 bridgehead atoms. The lowest BCUT2D eigenvalue weighted by molar-refractivity contribution is -0.132. The SMILES string of the molecule is C[C@@H](c1cccs1)N(C)C(=O)Cn1cccn1. The average Bonchev–Trinajstić information content (AvgIpc) is 2.99. The number of nitrogens with zero attached hydrogens (tertiary/aromatic N) is 3. The Labute approximate surface area is 104 Å². The second-order valence-corrected chi connectivity index (χ2v) is 4.88. The van der Waals surface area contributed by atoms with Crippen molar-refractivity contribution in [3.8, 4) is 0 Å². The molecule has 1 atom stereocenters. The van der Waals surface area contributed by atoms with E-state index in [0.717, 1.165) is 0 Å². The standard InChI is InChI=1S/C12H15N3OS/c1-10(11-5-3-8-17-11)14(2)12(16)9-15-7-4-6-13-15/h3-8,10H,9H2,1-2H3/t10-/m0/s1. The van der Waals surface area contributed by atoms with Crippen molar-refractivity contribution in [1.82, 2.24) is 14.7 Å². The van der Waals surface area contributed by atoms with Crippen LogP contribution in [0.25, 0.3) is 0 Å². The van der Waals surface area contributed by atoms with Gasteiger partial charge in [-0.2, -0.15) is 5.10 Å². The molecule has 2 aromatic rings. The van der Waals surface area contributed by atoms with Gasteiger partial charge < -0.3 is 4.90 Å². The van der Waals surface area contributed by atoms with Crippen molar-refractivity contribution in [3.63, 3.8) is 0 Å². The molecular weight excluding hydrogens is 234 g/mol. The van der Waals surface area contributed by atoms with Crippen LogP contribution < -0.4 is 0 Å². The van der Waals surface area contributed by atoms with Gasteiger partial charge in [-0.15, -0.1) is 11.3 Å². The van der Waals surface area contributed by atoms with Gasteiger partial charge in [0.05, 0.1) is 6.04 Å². The van der Waals surface area contributed by atoms with Crippen LogP contribution in [0.1, 0.15) is 17.8 Å². The van der Waals surface area contributed by atoms with Crippen molar-refractivity contribution < 1.29 is 4.79 Å². The van der Waals surface area contributed by atoms with Gasteiger partial charge >= 0.3 is 0 Å². The Morgan fingerprint density at radius 2 is 2.41 bits per heavy atom. The second kappa shape index (κ2) is 5.14. The molecule has 0 fully saturated rings. The lowest BCUT2D eigenvalue weighted by Crippen LogP contribution is -2.32. The predicted molar refractivity (Wildman–Crippen MR) is 67.7 cm³/mol. The molecule has 17 heavy (non-hydrogen) atoms. The lowest BCUT2D eigenvalue weighted by Gasteiger charge is -2.24. The summed E-state index contributed by atoms with van der Waals surface area (Å²) in [6.45, 7) is 2.33.